The second kappa shape index (κ2) is 7.59. The van der Waals surface area contributed by atoms with Gasteiger partial charge in [0.1, 0.15) is 17.6 Å². The number of carbonyl (C=O) groups is 2. The van der Waals surface area contributed by atoms with E-state index in [2.05, 4.69) is 4.98 Å². The summed E-state index contributed by atoms with van der Waals surface area (Å²) in [4.78, 5) is 33.2. The first kappa shape index (κ1) is 18.0. The summed E-state index contributed by atoms with van der Waals surface area (Å²) in [5.41, 5.74) is 0.603. The van der Waals surface area contributed by atoms with Crippen LogP contribution in [-0.2, 0) is 4.79 Å². The molecule has 1 aromatic carbocycles. The molecule has 1 aliphatic heterocycles. The van der Waals surface area contributed by atoms with Gasteiger partial charge in [-0.3, -0.25) is 9.59 Å². The molecule has 3 rings (SSSR count). The fraction of sp³-hybridized carbons (Fsp3) is 0.421. The molecule has 1 atom stereocenters. The molecule has 1 saturated heterocycles. The van der Waals surface area contributed by atoms with E-state index in [0.29, 0.717) is 37.5 Å². The number of amides is 2. The molecule has 0 saturated carbocycles. The molecule has 0 N–H and O–H groups in total. The maximum Gasteiger partial charge on any atom is 0.254 e. The largest absolute Gasteiger partial charge is 0.497 e. The van der Waals surface area contributed by atoms with Gasteiger partial charge < -0.3 is 19.1 Å². The highest BCUT2D eigenvalue weighted by Gasteiger charge is 2.28. The summed E-state index contributed by atoms with van der Waals surface area (Å²) in [5, 5.41) is 0. The summed E-state index contributed by atoms with van der Waals surface area (Å²) in [5.74, 6) is 1.50. The Balaban J connectivity index is 1.61. The minimum Gasteiger partial charge on any atom is -0.497 e. The zero-order valence-corrected chi connectivity index (χ0v) is 15.4. The normalized spacial score (nSPS) is 15.7. The van der Waals surface area contributed by atoms with E-state index < -0.39 is 0 Å². The van der Waals surface area contributed by atoms with Crippen LogP contribution in [-0.4, -0.2) is 64.5 Å². The molecule has 26 heavy (non-hydrogen) atoms. The first-order valence-corrected chi connectivity index (χ1v) is 8.73. The molecule has 1 aromatic heterocycles. The summed E-state index contributed by atoms with van der Waals surface area (Å²) in [6.07, 6.45) is 3.52. The Kier molecular flexibility index (Phi) is 5.25. The SMILES string of the molecule is COc1cccc(C(=O)N2CCN(C(=O)C(C)n3ccnc3C)CC2)c1. The zero-order chi connectivity index (χ0) is 18.7. The van der Waals surface area contributed by atoms with Crippen molar-refractivity contribution in [1.82, 2.24) is 19.4 Å². The lowest BCUT2D eigenvalue weighted by Gasteiger charge is -2.36. The van der Waals surface area contributed by atoms with Crippen LogP contribution in [0.3, 0.4) is 0 Å². The van der Waals surface area contributed by atoms with Crippen LogP contribution in [0.15, 0.2) is 36.7 Å². The molecular weight excluding hydrogens is 332 g/mol. The van der Waals surface area contributed by atoms with Crippen molar-refractivity contribution in [2.75, 3.05) is 33.3 Å². The number of hydrogen-bond donors (Lipinski definition) is 0. The van der Waals surface area contributed by atoms with Gasteiger partial charge in [-0.2, -0.15) is 0 Å². The van der Waals surface area contributed by atoms with Gasteiger partial charge in [-0.25, -0.2) is 4.98 Å². The Bertz CT molecular complexity index is 794. The molecule has 1 fully saturated rings. The van der Waals surface area contributed by atoms with Crippen molar-refractivity contribution in [1.29, 1.82) is 0 Å². The van der Waals surface area contributed by atoms with E-state index in [-0.39, 0.29) is 17.9 Å². The second-order valence-corrected chi connectivity index (χ2v) is 6.41. The van der Waals surface area contributed by atoms with Crippen LogP contribution in [0, 0.1) is 6.92 Å². The van der Waals surface area contributed by atoms with Crippen LogP contribution in [0.25, 0.3) is 0 Å². The summed E-state index contributed by atoms with van der Waals surface area (Å²) in [6.45, 7) is 5.88. The van der Waals surface area contributed by atoms with Crippen molar-refractivity contribution in [2.45, 2.75) is 19.9 Å². The molecule has 2 heterocycles. The van der Waals surface area contributed by atoms with Crippen molar-refractivity contribution in [3.8, 4) is 5.75 Å². The molecular formula is C19H24N4O3. The lowest BCUT2D eigenvalue weighted by molar-refractivity contribution is -0.135. The standard InChI is InChI=1S/C19H24N4O3/c1-14(23-8-7-20-15(23)2)18(24)21-9-11-22(12-10-21)19(25)16-5-4-6-17(13-16)26-3/h4-8,13-14H,9-12H2,1-3H3. The monoisotopic (exact) mass is 356 g/mol. The van der Waals surface area contributed by atoms with Gasteiger partial charge in [-0.15, -0.1) is 0 Å². The number of piperazine rings is 1. The number of aryl methyl sites for hydroxylation is 1. The van der Waals surface area contributed by atoms with Crippen molar-refractivity contribution in [3.63, 3.8) is 0 Å². The number of nitrogens with zero attached hydrogens (tertiary/aromatic N) is 4. The van der Waals surface area contributed by atoms with Gasteiger partial charge in [0, 0.05) is 44.1 Å². The smallest absolute Gasteiger partial charge is 0.254 e. The molecule has 7 nitrogen and oxygen atoms in total. The number of ether oxygens (including phenoxy) is 1. The lowest BCUT2D eigenvalue weighted by Crippen LogP contribution is -2.51. The lowest BCUT2D eigenvalue weighted by atomic mass is 10.1. The Hall–Kier alpha value is -2.83. The molecule has 7 heteroatoms. The van der Waals surface area contributed by atoms with Crippen LogP contribution < -0.4 is 4.74 Å². The van der Waals surface area contributed by atoms with E-state index >= 15 is 0 Å². The van der Waals surface area contributed by atoms with Gasteiger partial charge in [0.15, 0.2) is 0 Å². The maximum absolute atomic E-state index is 12.7. The quantitative estimate of drug-likeness (QED) is 0.837. The number of rotatable bonds is 4. The predicted octanol–water partition coefficient (Wildman–Crippen LogP) is 1.75. The van der Waals surface area contributed by atoms with Crippen LogP contribution in [0.2, 0.25) is 0 Å². The third-order valence-corrected chi connectivity index (χ3v) is 4.83. The van der Waals surface area contributed by atoms with Gasteiger partial charge in [0.25, 0.3) is 5.91 Å². The van der Waals surface area contributed by atoms with E-state index in [0.717, 1.165) is 5.82 Å². The number of imidazole rings is 1. The molecule has 1 aliphatic rings. The van der Waals surface area contributed by atoms with Crippen LogP contribution in [0.1, 0.15) is 29.1 Å². The molecule has 2 aromatic rings. The zero-order valence-electron chi connectivity index (χ0n) is 15.4. The van der Waals surface area contributed by atoms with Crippen LogP contribution >= 0.6 is 0 Å². The highest BCUT2D eigenvalue weighted by Crippen LogP contribution is 2.17. The minimum atomic E-state index is -0.293. The van der Waals surface area contributed by atoms with Crippen molar-refractivity contribution in [2.24, 2.45) is 0 Å². The molecule has 0 spiro atoms. The van der Waals surface area contributed by atoms with Gasteiger partial charge >= 0.3 is 0 Å². The van der Waals surface area contributed by atoms with Gasteiger partial charge in [0.05, 0.1) is 7.11 Å². The first-order chi connectivity index (χ1) is 12.5. The number of benzene rings is 1. The fourth-order valence-corrected chi connectivity index (χ4v) is 3.25. The second-order valence-electron chi connectivity index (χ2n) is 6.41. The van der Waals surface area contributed by atoms with Crippen molar-refractivity contribution >= 4 is 11.8 Å². The first-order valence-electron chi connectivity index (χ1n) is 8.73. The molecule has 2 amide bonds. The molecule has 1 unspecified atom stereocenters. The Morgan fingerprint density at radius 3 is 2.46 bits per heavy atom. The molecule has 0 radical (unpaired) electrons. The number of aromatic nitrogens is 2. The summed E-state index contributed by atoms with van der Waals surface area (Å²) >= 11 is 0. The third kappa shape index (κ3) is 3.56. The fourth-order valence-electron chi connectivity index (χ4n) is 3.25. The average Bonchev–Trinajstić information content (AvgIpc) is 3.12. The third-order valence-electron chi connectivity index (χ3n) is 4.83. The molecule has 138 valence electrons. The maximum atomic E-state index is 12.7. The number of hydrogen-bond acceptors (Lipinski definition) is 4. The molecule has 0 bridgehead atoms. The van der Waals surface area contributed by atoms with E-state index in [1.54, 1.807) is 36.4 Å². The predicted molar refractivity (Wildman–Crippen MR) is 97.2 cm³/mol. The van der Waals surface area contributed by atoms with Crippen LogP contribution in [0.5, 0.6) is 5.75 Å². The summed E-state index contributed by atoms with van der Waals surface area (Å²) < 4.78 is 7.05. The Labute approximate surface area is 153 Å². The number of methoxy groups -OCH3 is 1. The van der Waals surface area contributed by atoms with Gasteiger partial charge in [-0.05, 0) is 32.0 Å². The topological polar surface area (TPSA) is 67.7 Å². The van der Waals surface area contributed by atoms with E-state index in [4.69, 9.17) is 4.74 Å². The molecule has 0 aliphatic carbocycles. The van der Waals surface area contributed by atoms with E-state index in [1.807, 2.05) is 35.6 Å². The van der Waals surface area contributed by atoms with Crippen molar-refractivity contribution < 1.29 is 14.3 Å². The highest BCUT2D eigenvalue weighted by molar-refractivity contribution is 5.94. The van der Waals surface area contributed by atoms with E-state index in [1.165, 1.54) is 0 Å². The summed E-state index contributed by atoms with van der Waals surface area (Å²) in [7, 11) is 1.58. The van der Waals surface area contributed by atoms with Crippen LogP contribution in [0.4, 0.5) is 0 Å². The Morgan fingerprint density at radius 2 is 1.85 bits per heavy atom. The van der Waals surface area contributed by atoms with Crippen molar-refractivity contribution in [3.05, 3.63) is 48.0 Å². The highest BCUT2D eigenvalue weighted by atomic mass is 16.5. The summed E-state index contributed by atoms with van der Waals surface area (Å²) in [6, 6.07) is 6.85. The van der Waals surface area contributed by atoms with Gasteiger partial charge in [0.2, 0.25) is 5.91 Å². The average molecular weight is 356 g/mol. The van der Waals surface area contributed by atoms with Gasteiger partial charge in [-0.1, -0.05) is 6.07 Å². The minimum absolute atomic E-state index is 0.0329. The Morgan fingerprint density at radius 1 is 1.15 bits per heavy atom. The number of carbonyl (C=O) groups excluding carboxylic acids is 2. The van der Waals surface area contributed by atoms with E-state index in [9.17, 15) is 9.59 Å².